The standard InChI is InChI=1S/C14H23NO4/c16-12(17)14(15-6-10-19-11-7-15)3-1-2-13(14)4-8-18-9-5-13/h1-11H2,(H,16,17). The van der Waals surface area contributed by atoms with E-state index >= 15 is 0 Å². The molecule has 0 amide bonds. The van der Waals surface area contributed by atoms with Gasteiger partial charge in [0, 0.05) is 31.7 Å². The van der Waals surface area contributed by atoms with Crippen molar-refractivity contribution in [2.24, 2.45) is 5.41 Å². The Labute approximate surface area is 113 Å². The second-order valence-corrected chi connectivity index (χ2v) is 6.01. The van der Waals surface area contributed by atoms with Gasteiger partial charge in [0.15, 0.2) is 0 Å². The van der Waals surface area contributed by atoms with Crippen LogP contribution in [-0.4, -0.2) is 61.0 Å². The van der Waals surface area contributed by atoms with Gasteiger partial charge in [0.1, 0.15) is 5.54 Å². The number of hydrogen-bond acceptors (Lipinski definition) is 4. The van der Waals surface area contributed by atoms with Gasteiger partial charge in [-0.25, -0.2) is 0 Å². The van der Waals surface area contributed by atoms with Crippen molar-refractivity contribution in [1.82, 2.24) is 4.90 Å². The van der Waals surface area contributed by atoms with E-state index in [1.54, 1.807) is 0 Å². The van der Waals surface area contributed by atoms with Crippen molar-refractivity contribution in [3.05, 3.63) is 0 Å². The first-order valence-corrected chi connectivity index (χ1v) is 7.35. The molecule has 3 aliphatic rings. The summed E-state index contributed by atoms with van der Waals surface area (Å²) in [6.07, 6.45) is 4.60. The molecule has 3 rings (SSSR count). The summed E-state index contributed by atoms with van der Waals surface area (Å²) in [4.78, 5) is 14.4. The second-order valence-electron chi connectivity index (χ2n) is 6.01. The van der Waals surface area contributed by atoms with Gasteiger partial charge in [-0.2, -0.15) is 0 Å². The van der Waals surface area contributed by atoms with Gasteiger partial charge in [0.2, 0.25) is 0 Å². The molecule has 0 aromatic carbocycles. The highest BCUT2D eigenvalue weighted by Crippen LogP contribution is 2.55. The number of nitrogens with zero attached hydrogens (tertiary/aromatic N) is 1. The van der Waals surface area contributed by atoms with Crippen molar-refractivity contribution < 1.29 is 19.4 Å². The lowest BCUT2D eigenvalue weighted by atomic mass is 9.65. The topological polar surface area (TPSA) is 59.0 Å². The molecule has 0 aromatic rings. The van der Waals surface area contributed by atoms with Crippen LogP contribution < -0.4 is 0 Å². The first-order valence-electron chi connectivity index (χ1n) is 7.35. The summed E-state index contributed by atoms with van der Waals surface area (Å²) in [5, 5.41) is 10.0. The third-order valence-corrected chi connectivity index (χ3v) is 5.43. The van der Waals surface area contributed by atoms with E-state index < -0.39 is 11.5 Å². The molecular formula is C14H23NO4. The van der Waals surface area contributed by atoms with Crippen molar-refractivity contribution >= 4 is 5.97 Å². The van der Waals surface area contributed by atoms with Gasteiger partial charge in [0.05, 0.1) is 13.2 Å². The Balaban J connectivity index is 1.95. The predicted octanol–water partition coefficient (Wildman–Crippen LogP) is 1.12. The van der Waals surface area contributed by atoms with Crippen molar-refractivity contribution in [2.45, 2.75) is 37.6 Å². The maximum absolute atomic E-state index is 12.2. The summed E-state index contributed by atoms with van der Waals surface area (Å²) in [7, 11) is 0. The molecular weight excluding hydrogens is 246 g/mol. The highest BCUT2D eigenvalue weighted by atomic mass is 16.5. The van der Waals surface area contributed by atoms with E-state index in [-0.39, 0.29) is 5.41 Å². The van der Waals surface area contributed by atoms with Gasteiger partial charge in [-0.3, -0.25) is 9.69 Å². The molecule has 1 aliphatic carbocycles. The number of aliphatic carboxylic acids is 1. The van der Waals surface area contributed by atoms with Crippen LogP contribution in [0.2, 0.25) is 0 Å². The molecule has 1 unspecified atom stereocenters. The van der Waals surface area contributed by atoms with E-state index in [0.29, 0.717) is 26.4 Å². The largest absolute Gasteiger partial charge is 0.480 e. The minimum Gasteiger partial charge on any atom is -0.480 e. The van der Waals surface area contributed by atoms with Gasteiger partial charge < -0.3 is 14.6 Å². The molecule has 108 valence electrons. The maximum atomic E-state index is 12.2. The van der Waals surface area contributed by atoms with E-state index in [1.165, 1.54) is 0 Å². The number of rotatable bonds is 2. The molecule has 5 nitrogen and oxygen atoms in total. The fraction of sp³-hybridized carbons (Fsp3) is 0.929. The molecule has 2 aliphatic heterocycles. The summed E-state index contributed by atoms with van der Waals surface area (Å²) in [5.74, 6) is -0.631. The molecule has 1 N–H and O–H groups in total. The van der Waals surface area contributed by atoms with E-state index in [9.17, 15) is 9.90 Å². The molecule has 3 fully saturated rings. The Morgan fingerprint density at radius 3 is 2.21 bits per heavy atom. The van der Waals surface area contributed by atoms with Crippen LogP contribution in [0.15, 0.2) is 0 Å². The summed E-state index contributed by atoms with van der Waals surface area (Å²) < 4.78 is 10.9. The summed E-state index contributed by atoms with van der Waals surface area (Å²) in [6, 6.07) is 0. The Kier molecular flexibility index (Phi) is 3.53. The van der Waals surface area contributed by atoms with Crippen LogP contribution in [0.3, 0.4) is 0 Å². The second kappa shape index (κ2) is 5.04. The van der Waals surface area contributed by atoms with Crippen LogP contribution in [0.25, 0.3) is 0 Å². The van der Waals surface area contributed by atoms with Crippen LogP contribution in [-0.2, 0) is 14.3 Å². The Bertz CT molecular complexity index is 347. The van der Waals surface area contributed by atoms with Crippen LogP contribution in [0, 0.1) is 5.41 Å². The zero-order valence-corrected chi connectivity index (χ0v) is 11.4. The molecule has 0 radical (unpaired) electrons. The highest BCUT2D eigenvalue weighted by Gasteiger charge is 2.62. The molecule has 1 spiro atoms. The molecule has 2 saturated heterocycles. The van der Waals surface area contributed by atoms with Gasteiger partial charge in [0.25, 0.3) is 0 Å². The maximum Gasteiger partial charge on any atom is 0.324 e. The fourth-order valence-corrected chi connectivity index (χ4v) is 4.49. The Morgan fingerprint density at radius 2 is 1.58 bits per heavy atom. The lowest BCUT2D eigenvalue weighted by Gasteiger charge is -2.52. The zero-order valence-electron chi connectivity index (χ0n) is 11.4. The summed E-state index contributed by atoms with van der Waals surface area (Å²) in [6.45, 7) is 4.21. The zero-order chi connectivity index (χ0) is 13.3. The number of ether oxygens (including phenoxy) is 2. The average molecular weight is 269 g/mol. The van der Waals surface area contributed by atoms with E-state index in [0.717, 1.165) is 45.2 Å². The predicted molar refractivity (Wildman–Crippen MR) is 69.1 cm³/mol. The van der Waals surface area contributed by atoms with Crippen molar-refractivity contribution in [2.75, 3.05) is 39.5 Å². The molecule has 5 heteroatoms. The third kappa shape index (κ3) is 1.90. The third-order valence-electron chi connectivity index (χ3n) is 5.43. The van der Waals surface area contributed by atoms with Gasteiger partial charge in [-0.05, 0) is 25.7 Å². The molecule has 1 atom stereocenters. The van der Waals surface area contributed by atoms with Crippen molar-refractivity contribution in [3.8, 4) is 0 Å². The van der Waals surface area contributed by atoms with Gasteiger partial charge in [-0.1, -0.05) is 6.42 Å². The van der Waals surface area contributed by atoms with E-state index in [4.69, 9.17) is 9.47 Å². The smallest absolute Gasteiger partial charge is 0.324 e. The van der Waals surface area contributed by atoms with Gasteiger partial charge >= 0.3 is 5.97 Å². The van der Waals surface area contributed by atoms with Crippen LogP contribution in [0.5, 0.6) is 0 Å². The minimum absolute atomic E-state index is 0.0889. The average Bonchev–Trinajstić information content (AvgIpc) is 2.80. The number of carbonyl (C=O) groups is 1. The Morgan fingerprint density at radius 1 is 0.947 bits per heavy atom. The monoisotopic (exact) mass is 269 g/mol. The lowest BCUT2D eigenvalue weighted by Crippen LogP contribution is -2.65. The number of morpholine rings is 1. The number of carboxylic acid groups (broad SMARTS) is 1. The quantitative estimate of drug-likeness (QED) is 0.814. The SMILES string of the molecule is O=C(O)C1(N2CCOCC2)CCCC12CCOCC2. The summed E-state index contributed by atoms with van der Waals surface area (Å²) >= 11 is 0. The lowest BCUT2D eigenvalue weighted by molar-refractivity contribution is -0.172. The minimum atomic E-state index is -0.680. The molecule has 0 bridgehead atoms. The number of carboxylic acids is 1. The first-order chi connectivity index (χ1) is 9.21. The molecule has 0 aromatic heterocycles. The van der Waals surface area contributed by atoms with Crippen LogP contribution in [0.4, 0.5) is 0 Å². The highest BCUT2D eigenvalue weighted by molar-refractivity contribution is 5.81. The molecule has 19 heavy (non-hydrogen) atoms. The number of hydrogen-bond donors (Lipinski definition) is 1. The van der Waals surface area contributed by atoms with Crippen molar-refractivity contribution in [3.63, 3.8) is 0 Å². The normalized spacial score (nSPS) is 35.6. The summed E-state index contributed by atoms with van der Waals surface area (Å²) in [5.41, 5.74) is -0.769. The Hall–Kier alpha value is -0.650. The molecule has 2 heterocycles. The first kappa shape index (κ1) is 13.3. The van der Waals surface area contributed by atoms with Crippen LogP contribution in [0.1, 0.15) is 32.1 Å². The molecule has 1 saturated carbocycles. The van der Waals surface area contributed by atoms with Gasteiger partial charge in [-0.15, -0.1) is 0 Å². The van der Waals surface area contributed by atoms with Crippen LogP contribution >= 0.6 is 0 Å². The van der Waals surface area contributed by atoms with E-state index in [1.807, 2.05) is 0 Å². The van der Waals surface area contributed by atoms with E-state index in [2.05, 4.69) is 4.90 Å². The fourth-order valence-electron chi connectivity index (χ4n) is 4.49. The van der Waals surface area contributed by atoms with Crippen molar-refractivity contribution in [1.29, 1.82) is 0 Å².